The number of amides is 4. The first-order valence-corrected chi connectivity index (χ1v) is 9.94. The van der Waals surface area contributed by atoms with E-state index in [9.17, 15) is 14.4 Å². The number of nitrogens with one attached hydrogen (secondary N) is 2. The number of hydrogen-bond donors (Lipinski definition) is 2. The maximum absolute atomic E-state index is 12.8. The maximum Gasteiger partial charge on any atom is 0.329 e. The highest BCUT2D eigenvalue weighted by Crippen LogP contribution is 2.36. The number of hydrogen-bond acceptors (Lipinski definition) is 6. The summed E-state index contributed by atoms with van der Waals surface area (Å²) in [5.74, 6) is 0.184. The molecule has 0 bridgehead atoms. The smallest absolute Gasteiger partial charge is 0.329 e. The third kappa shape index (κ3) is 4.66. The minimum atomic E-state index is -0.688. The molecule has 1 aliphatic heterocycles. The second-order valence-electron chi connectivity index (χ2n) is 6.88. The van der Waals surface area contributed by atoms with Crippen LogP contribution in [0.1, 0.15) is 18.1 Å². The summed E-state index contributed by atoms with van der Waals surface area (Å²) in [6.45, 7) is 1.55. The van der Waals surface area contributed by atoms with Crippen molar-refractivity contribution >= 4 is 29.6 Å². The van der Waals surface area contributed by atoms with E-state index in [4.69, 9.17) is 14.2 Å². The molecular formula is C23H25N3O6. The third-order valence-corrected chi connectivity index (χ3v) is 4.98. The predicted molar refractivity (Wildman–Crippen MR) is 119 cm³/mol. The van der Waals surface area contributed by atoms with E-state index < -0.39 is 24.4 Å². The Labute approximate surface area is 185 Å². The first kappa shape index (κ1) is 22.7. The SMILES string of the molecule is CCc1ccccc1NC(=O)CN1C(=O)N/C(=C/c2c(OC)cc(OC)cc2OC)C1=O. The molecule has 1 fully saturated rings. The van der Waals surface area contributed by atoms with Crippen molar-refractivity contribution in [3.8, 4) is 17.2 Å². The molecule has 32 heavy (non-hydrogen) atoms. The summed E-state index contributed by atoms with van der Waals surface area (Å²) in [4.78, 5) is 38.6. The van der Waals surface area contributed by atoms with E-state index in [1.165, 1.54) is 27.4 Å². The van der Waals surface area contributed by atoms with Crippen LogP contribution >= 0.6 is 0 Å². The van der Waals surface area contributed by atoms with Gasteiger partial charge in [0.15, 0.2) is 0 Å². The van der Waals surface area contributed by atoms with E-state index in [0.717, 1.165) is 16.9 Å². The van der Waals surface area contributed by atoms with Crippen LogP contribution in [0.5, 0.6) is 17.2 Å². The molecule has 0 aliphatic carbocycles. The third-order valence-electron chi connectivity index (χ3n) is 4.98. The van der Waals surface area contributed by atoms with E-state index in [2.05, 4.69) is 10.6 Å². The number of carbonyl (C=O) groups excluding carboxylic acids is 3. The van der Waals surface area contributed by atoms with Crippen LogP contribution in [0.3, 0.4) is 0 Å². The fraction of sp³-hybridized carbons (Fsp3) is 0.261. The highest BCUT2D eigenvalue weighted by atomic mass is 16.5. The summed E-state index contributed by atoms with van der Waals surface area (Å²) in [5, 5.41) is 5.26. The molecule has 0 radical (unpaired) electrons. The van der Waals surface area contributed by atoms with Gasteiger partial charge in [-0.3, -0.25) is 9.59 Å². The first-order valence-electron chi connectivity index (χ1n) is 9.94. The molecule has 1 saturated heterocycles. The molecule has 0 unspecified atom stereocenters. The van der Waals surface area contributed by atoms with Gasteiger partial charge in [-0.25, -0.2) is 9.69 Å². The number of nitrogens with zero attached hydrogens (tertiary/aromatic N) is 1. The molecule has 9 nitrogen and oxygen atoms in total. The van der Waals surface area contributed by atoms with Gasteiger partial charge >= 0.3 is 6.03 Å². The largest absolute Gasteiger partial charge is 0.496 e. The Balaban J connectivity index is 1.82. The second kappa shape index (κ2) is 9.86. The second-order valence-corrected chi connectivity index (χ2v) is 6.88. The Morgan fingerprint density at radius 3 is 2.31 bits per heavy atom. The molecule has 4 amide bonds. The number of carbonyl (C=O) groups is 3. The molecule has 0 atom stereocenters. The zero-order valence-electron chi connectivity index (χ0n) is 18.4. The molecule has 1 aliphatic rings. The zero-order chi connectivity index (χ0) is 23.3. The number of anilines is 1. The highest BCUT2D eigenvalue weighted by Gasteiger charge is 2.35. The molecule has 2 N–H and O–H groups in total. The van der Waals surface area contributed by atoms with Gasteiger partial charge in [0.05, 0.1) is 26.9 Å². The molecular weight excluding hydrogens is 414 g/mol. The number of methoxy groups -OCH3 is 3. The molecule has 2 aromatic rings. The van der Waals surface area contributed by atoms with Crippen molar-refractivity contribution in [2.75, 3.05) is 33.2 Å². The summed E-state index contributed by atoms with van der Waals surface area (Å²) in [6.07, 6.45) is 2.18. The standard InChI is InChI=1S/C23H25N3O6/c1-5-14-8-6-7-9-17(14)24-21(27)13-26-22(28)18(25-23(26)29)12-16-19(31-3)10-15(30-2)11-20(16)32-4/h6-12H,5,13H2,1-4H3,(H,24,27)(H,25,29)/b18-12+. The summed E-state index contributed by atoms with van der Waals surface area (Å²) in [7, 11) is 4.45. The molecule has 3 rings (SSSR count). The van der Waals surface area contributed by atoms with E-state index in [1.54, 1.807) is 24.3 Å². The molecule has 9 heteroatoms. The van der Waals surface area contributed by atoms with Gasteiger partial charge in [-0.05, 0) is 24.1 Å². The van der Waals surface area contributed by atoms with Crippen molar-refractivity contribution < 1.29 is 28.6 Å². The maximum atomic E-state index is 12.8. The lowest BCUT2D eigenvalue weighted by Crippen LogP contribution is -2.38. The van der Waals surface area contributed by atoms with E-state index in [0.29, 0.717) is 28.5 Å². The van der Waals surface area contributed by atoms with Gasteiger partial charge in [0, 0.05) is 17.8 Å². The molecule has 2 aromatic carbocycles. The lowest BCUT2D eigenvalue weighted by Gasteiger charge is -2.14. The summed E-state index contributed by atoms with van der Waals surface area (Å²) in [5.41, 5.74) is 2.05. The van der Waals surface area contributed by atoms with Crippen molar-refractivity contribution in [2.45, 2.75) is 13.3 Å². The Kier molecular flexibility index (Phi) is 6.99. The lowest BCUT2D eigenvalue weighted by atomic mass is 10.1. The number of imide groups is 1. The summed E-state index contributed by atoms with van der Waals surface area (Å²) >= 11 is 0. The molecule has 1 heterocycles. The number of urea groups is 1. The normalized spacial score (nSPS) is 14.4. The molecule has 0 saturated carbocycles. The van der Waals surface area contributed by atoms with Gasteiger partial charge in [0.2, 0.25) is 5.91 Å². The minimum Gasteiger partial charge on any atom is -0.496 e. The molecule has 0 spiro atoms. The summed E-state index contributed by atoms with van der Waals surface area (Å²) < 4.78 is 16.0. The fourth-order valence-electron chi connectivity index (χ4n) is 3.32. The van der Waals surface area contributed by atoms with Gasteiger partial charge in [0.1, 0.15) is 29.5 Å². The van der Waals surface area contributed by atoms with Crippen LogP contribution in [0.25, 0.3) is 6.08 Å². The van der Waals surface area contributed by atoms with Crippen molar-refractivity contribution in [3.05, 3.63) is 53.2 Å². The number of ether oxygens (including phenoxy) is 3. The molecule has 0 aromatic heterocycles. The van der Waals surface area contributed by atoms with E-state index >= 15 is 0 Å². The van der Waals surface area contributed by atoms with Gasteiger partial charge in [-0.2, -0.15) is 0 Å². The Hall–Kier alpha value is -4.01. The van der Waals surface area contributed by atoms with E-state index in [-0.39, 0.29) is 5.70 Å². The predicted octanol–water partition coefficient (Wildman–Crippen LogP) is 2.81. The van der Waals surface area contributed by atoms with Crippen LogP contribution in [0.2, 0.25) is 0 Å². The highest BCUT2D eigenvalue weighted by molar-refractivity contribution is 6.16. The van der Waals surface area contributed by atoms with Crippen LogP contribution in [0.15, 0.2) is 42.1 Å². The average molecular weight is 439 g/mol. The fourth-order valence-corrected chi connectivity index (χ4v) is 3.32. The van der Waals surface area contributed by atoms with Crippen LogP contribution in [-0.2, 0) is 16.0 Å². The first-order chi connectivity index (χ1) is 15.4. The molecule has 168 valence electrons. The zero-order valence-corrected chi connectivity index (χ0v) is 18.4. The average Bonchev–Trinajstić information content (AvgIpc) is 3.06. The summed E-state index contributed by atoms with van der Waals surface area (Å²) in [6, 6.07) is 9.94. The van der Waals surface area contributed by atoms with Crippen molar-refractivity contribution in [1.29, 1.82) is 0 Å². The number of benzene rings is 2. The topological polar surface area (TPSA) is 106 Å². The van der Waals surface area contributed by atoms with Gasteiger partial charge in [-0.1, -0.05) is 25.1 Å². The van der Waals surface area contributed by atoms with E-state index in [1.807, 2.05) is 19.1 Å². The van der Waals surface area contributed by atoms with Crippen LogP contribution in [0.4, 0.5) is 10.5 Å². The number of rotatable bonds is 8. The van der Waals surface area contributed by atoms with Crippen molar-refractivity contribution in [1.82, 2.24) is 10.2 Å². The number of para-hydroxylation sites is 1. The Morgan fingerprint density at radius 1 is 1.06 bits per heavy atom. The van der Waals surface area contributed by atoms with Crippen LogP contribution in [0, 0.1) is 0 Å². The van der Waals surface area contributed by atoms with Crippen LogP contribution < -0.4 is 24.8 Å². The quantitative estimate of drug-likeness (QED) is 0.484. The van der Waals surface area contributed by atoms with Crippen LogP contribution in [-0.4, -0.2) is 50.6 Å². The Morgan fingerprint density at radius 2 is 1.72 bits per heavy atom. The number of aryl methyl sites for hydroxylation is 1. The van der Waals surface area contributed by atoms with Crippen molar-refractivity contribution in [2.24, 2.45) is 0 Å². The van der Waals surface area contributed by atoms with Gasteiger partial charge in [0.25, 0.3) is 5.91 Å². The Bertz CT molecular complexity index is 1050. The monoisotopic (exact) mass is 439 g/mol. The van der Waals surface area contributed by atoms with Gasteiger partial charge in [-0.15, -0.1) is 0 Å². The minimum absolute atomic E-state index is 0.00137. The van der Waals surface area contributed by atoms with Gasteiger partial charge < -0.3 is 24.8 Å². The lowest BCUT2D eigenvalue weighted by molar-refractivity contribution is -0.127. The van der Waals surface area contributed by atoms with Crippen molar-refractivity contribution in [3.63, 3.8) is 0 Å².